The van der Waals surface area contributed by atoms with Crippen LogP contribution in [0.3, 0.4) is 0 Å². The van der Waals surface area contributed by atoms with Gasteiger partial charge in [0, 0.05) is 56.9 Å². The third kappa shape index (κ3) is 6.33. The Morgan fingerprint density at radius 3 is 2.38 bits per heavy atom. The number of piperazine rings is 1. The molecule has 6 rings (SSSR count). The van der Waals surface area contributed by atoms with Gasteiger partial charge in [-0.2, -0.15) is 0 Å². The summed E-state index contributed by atoms with van der Waals surface area (Å²) >= 11 is 3.55. The van der Waals surface area contributed by atoms with Gasteiger partial charge >= 0.3 is 0 Å². The Morgan fingerprint density at radius 2 is 1.71 bits per heavy atom. The molecule has 2 fully saturated rings. The van der Waals surface area contributed by atoms with E-state index in [1.165, 1.54) is 47.5 Å². The smallest absolute Gasteiger partial charge is 0.247 e. The van der Waals surface area contributed by atoms with E-state index in [9.17, 15) is 14.0 Å². The number of amides is 2. The molecular weight excluding hydrogens is 650 g/mol. The van der Waals surface area contributed by atoms with Crippen molar-refractivity contribution in [3.63, 3.8) is 0 Å². The summed E-state index contributed by atoms with van der Waals surface area (Å²) in [6.07, 6.45) is 3.67. The Balaban J connectivity index is 1.22. The SMILES string of the molecule is CN1CCN(CCOc2ncc3c(Oc4ccc(N(C(=O)C5(C(N)=O)CC5)c5ccc(F)cc5)cc4F)ccnc3c2Br)CC1. The van der Waals surface area contributed by atoms with Gasteiger partial charge in [0.05, 0.1) is 16.6 Å². The maximum absolute atomic E-state index is 15.6. The summed E-state index contributed by atoms with van der Waals surface area (Å²) in [7, 11) is 2.11. The minimum Gasteiger partial charge on any atom is -0.475 e. The number of hydrogen-bond acceptors (Lipinski definition) is 8. The first kappa shape index (κ1) is 30.8. The number of fused-ring (bicyclic) bond motifs is 1. The lowest BCUT2D eigenvalue weighted by molar-refractivity contribution is -0.133. The van der Waals surface area contributed by atoms with Gasteiger partial charge in [0.2, 0.25) is 17.7 Å². The summed E-state index contributed by atoms with van der Waals surface area (Å²) in [6, 6.07) is 10.7. The minimum absolute atomic E-state index is 0.114. The fourth-order valence-electron chi connectivity index (χ4n) is 5.28. The second kappa shape index (κ2) is 12.7. The van der Waals surface area contributed by atoms with Crippen LogP contribution < -0.4 is 20.1 Å². The molecule has 13 heteroatoms. The van der Waals surface area contributed by atoms with E-state index in [0.29, 0.717) is 33.6 Å². The second-order valence-electron chi connectivity index (χ2n) is 11.2. The van der Waals surface area contributed by atoms with E-state index in [1.807, 2.05) is 0 Å². The molecule has 2 amide bonds. The van der Waals surface area contributed by atoms with Crippen molar-refractivity contribution in [2.75, 3.05) is 51.3 Å². The molecule has 1 aliphatic heterocycles. The number of anilines is 2. The quantitative estimate of drug-likeness (QED) is 0.232. The van der Waals surface area contributed by atoms with Crippen LogP contribution in [-0.2, 0) is 9.59 Å². The fraction of sp³-hybridized carbons (Fsp3) is 0.312. The number of benzene rings is 2. The first-order valence-corrected chi connectivity index (χ1v) is 15.3. The van der Waals surface area contributed by atoms with Crippen LogP contribution in [0.1, 0.15) is 12.8 Å². The molecule has 2 N–H and O–H groups in total. The molecule has 0 spiro atoms. The summed E-state index contributed by atoms with van der Waals surface area (Å²) in [5.74, 6) is -2.05. The molecule has 3 heterocycles. The van der Waals surface area contributed by atoms with Crippen molar-refractivity contribution < 1.29 is 27.8 Å². The third-order valence-corrected chi connectivity index (χ3v) is 8.93. The lowest BCUT2D eigenvalue weighted by Gasteiger charge is -2.32. The number of ether oxygens (including phenoxy) is 2. The highest BCUT2D eigenvalue weighted by Gasteiger charge is 2.57. The normalized spacial score (nSPS) is 16.4. The van der Waals surface area contributed by atoms with E-state index in [0.717, 1.165) is 38.8 Å². The van der Waals surface area contributed by atoms with Crippen molar-refractivity contribution in [2.24, 2.45) is 11.1 Å². The van der Waals surface area contributed by atoms with Gasteiger partial charge in [-0.1, -0.05) is 0 Å². The van der Waals surface area contributed by atoms with E-state index in [4.69, 9.17) is 15.2 Å². The van der Waals surface area contributed by atoms with Gasteiger partial charge in [-0.25, -0.2) is 13.8 Å². The van der Waals surface area contributed by atoms with E-state index in [1.54, 1.807) is 12.3 Å². The van der Waals surface area contributed by atoms with Gasteiger partial charge in [-0.05, 0) is 78.3 Å². The topological polar surface area (TPSA) is 114 Å². The average Bonchev–Trinajstić information content (AvgIpc) is 3.85. The molecule has 2 aromatic carbocycles. The Hall–Kier alpha value is -4.20. The zero-order valence-electron chi connectivity index (χ0n) is 24.5. The summed E-state index contributed by atoms with van der Waals surface area (Å²) in [5, 5.41) is 0.527. The molecule has 234 valence electrons. The van der Waals surface area contributed by atoms with Crippen LogP contribution >= 0.6 is 15.9 Å². The Bertz CT molecular complexity index is 1750. The van der Waals surface area contributed by atoms with Crippen LogP contribution in [0.15, 0.2) is 65.4 Å². The summed E-state index contributed by atoms with van der Waals surface area (Å²) < 4.78 is 41.7. The molecule has 2 aliphatic rings. The first-order chi connectivity index (χ1) is 21.7. The molecule has 10 nitrogen and oxygen atoms in total. The maximum Gasteiger partial charge on any atom is 0.247 e. The van der Waals surface area contributed by atoms with Crippen molar-refractivity contribution in [1.82, 2.24) is 19.8 Å². The predicted octanol–water partition coefficient (Wildman–Crippen LogP) is 5.02. The van der Waals surface area contributed by atoms with Crippen molar-refractivity contribution in [2.45, 2.75) is 12.8 Å². The van der Waals surface area contributed by atoms with Gasteiger partial charge < -0.3 is 20.1 Å². The number of primary amides is 1. The monoisotopic (exact) mass is 680 g/mol. The van der Waals surface area contributed by atoms with Gasteiger partial charge in [0.15, 0.2) is 11.6 Å². The van der Waals surface area contributed by atoms with E-state index in [-0.39, 0.29) is 30.0 Å². The molecule has 1 saturated carbocycles. The number of aromatic nitrogens is 2. The molecule has 45 heavy (non-hydrogen) atoms. The van der Waals surface area contributed by atoms with E-state index < -0.39 is 28.9 Å². The largest absolute Gasteiger partial charge is 0.475 e. The van der Waals surface area contributed by atoms with Crippen LogP contribution in [0.4, 0.5) is 20.2 Å². The molecule has 1 saturated heterocycles. The zero-order valence-corrected chi connectivity index (χ0v) is 26.1. The highest BCUT2D eigenvalue weighted by molar-refractivity contribution is 9.10. The molecular formula is C32H31BrF2N6O4. The zero-order chi connectivity index (χ0) is 31.7. The van der Waals surface area contributed by atoms with Crippen LogP contribution in [0.2, 0.25) is 0 Å². The lowest BCUT2D eigenvalue weighted by atomic mass is 10.0. The van der Waals surface area contributed by atoms with Gasteiger partial charge in [-0.15, -0.1) is 0 Å². The molecule has 4 aromatic rings. The van der Waals surface area contributed by atoms with Gasteiger partial charge in [-0.3, -0.25) is 24.4 Å². The number of rotatable bonds is 10. The summed E-state index contributed by atoms with van der Waals surface area (Å²) in [4.78, 5) is 40.4. The molecule has 0 bridgehead atoms. The average molecular weight is 682 g/mol. The van der Waals surface area contributed by atoms with Crippen LogP contribution in [0.5, 0.6) is 17.4 Å². The standard InChI is InChI=1S/C32H31BrF2N6O4/c1-39-12-14-40(15-13-39)16-17-44-29-27(33)28-23(19-38-29)25(8-11-37-28)45-26-7-6-22(18-24(26)35)41(21-4-2-20(34)3-5-21)31(43)32(9-10-32)30(36)42/h2-8,11,18-19H,9-10,12-17H2,1H3,(H2,36,42). The Morgan fingerprint density at radius 1 is 1.00 bits per heavy atom. The molecule has 0 unspecified atom stereocenters. The highest BCUT2D eigenvalue weighted by Crippen LogP contribution is 2.49. The number of carbonyl (C=O) groups excluding carboxylic acids is 2. The van der Waals surface area contributed by atoms with Crippen LogP contribution in [0.25, 0.3) is 10.9 Å². The van der Waals surface area contributed by atoms with E-state index in [2.05, 4.69) is 42.7 Å². The lowest BCUT2D eigenvalue weighted by Crippen LogP contribution is -2.45. The predicted molar refractivity (Wildman–Crippen MR) is 168 cm³/mol. The Kier molecular flexibility index (Phi) is 8.67. The minimum atomic E-state index is -1.39. The number of nitrogens with zero attached hydrogens (tertiary/aromatic N) is 5. The number of pyridine rings is 2. The van der Waals surface area contributed by atoms with Crippen molar-refractivity contribution in [3.05, 3.63) is 77.0 Å². The number of carbonyl (C=O) groups is 2. The van der Waals surface area contributed by atoms with Crippen molar-refractivity contribution in [1.29, 1.82) is 0 Å². The fourth-order valence-corrected chi connectivity index (χ4v) is 5.81. The third-order valence-electron chi connectivity index (χ3n) is 8.21. The number of halogens is 3. The van der Waals surface area contributed by atoms with Gasteiger partial charge in [0.1, 0.15) is 28.1 Å². The molecule has 2 aromatic heterocycles. The molecule has 0 atom stereocenters. The second-order valence-corrected chi connectivity index (χ2v) is 12.0. The summed E-state index contributed by atoms with van der Waals surface area (Å²) in [5.41, 5.74) is 5.09. The molecule has 1 aliphatic carbocycles. The maximum atomic E-state index is 15.6. The number of likely N-dealkylation sites (N-methyl/N-ethyl adjacent to an activating group) is 1. The van der Waals surface area contributed by atoms with Gasteiger partial charge in [0.25, 0.3) is 0 Å². The Labute approximate surface area is 266 Å². The van der Waals surface area contributed by atoms with Crippen molar-refractivity contribution >= 4 is 50.0 Å². The number of nitrogens with two attached hydrogens (primary N) is 1. The van der Waals surface area contributed by atoms with Crippen molar-refractivity contribution in [3.8, 4) is 17.4 Å². The number of hydrogen-bond donors (Lipinski definition) is 1. The molecule has 0 radical (unpaired) electrons. The first-order valence-electron chi connectivity index (χ1n) is 14.5. The highest BCUT2D eigenvalue weighted by atomic mass is 79.9. The van der Waals surface area contributed by atoms with E-state index >= 15 is 4.39 Å². The van der Waals surface area contributed by atoms with Crippen LogP contribution in [0, 0.1) is 17.0 Å². The van der Waals surface area contributed by atoms with Crippen LogP contribution in [-0.4, -0.2) is 78.0 Å². The summed E-state index contributed by atoms with van der Waals surface area (Å²) in [6.45, 7) is 5.26.